The van der Waals surface area contributed by atoms with Gasteiger partial charge in [0, 0.05) is 23.6 Å². The fourth-order valence-corrected chi connectivity index (χ4v) is 3.46. The van der Waals surface area contributed by atoms with E-state index in [1.807, 2.05) is 0 Å². The molecule has 0 spiro atoms. The highest BCUT2D eigenvalue weighted by atomic mass is 32.2. The first-order valence-corrected chi connectivity index (χ1v) is 8.25. The number of hydrogen-bond donors (Lipinski definition) is 0. The number of likely N-dealkylation sites (tertiary alicyclic amines) is 1. The third kappa shape index (κ3) is 5.96. The molecule has 0 aromatic heterocycles. The van der Waals surface area contributed by atoms with Crippen LogP contribution in [0.3, 0.4) is 0 Å². The lowest BCUT2D eigenvalue weighted by Crippen LogP contribution is -2.36. The van der Waals surface area contributed by atoms with Gasteiger partial charge in [0.25, 0.3) is 0 Å². The first kappa shape index (κ1) is 15.1. The highest BCUT2D eigenvalue weighted by Crippen LogP contribution is 2.23. The number of rotatable bonds is 7. The van der Waals surface area contributed by atoms with Gasteiger partial charge in [-0.25, -0.2) is 0 Å². The SMILES string of the molecule is CC(C)C/C=C/CSCC1CCCN1C(C)C. The maximum atomic E-state index is 2.67. The summed E-state index contributed by atoms with van der Waals surface area (Å²) in [5, 5.41) is 0. The molecule has 2 heteroatoms. The van der Waals surface area contributed by atoms with Crippen LogP contribution in [-0.2, 0) is 0 Å². The predicted molar refractivity (Wildman–Crippen MR) is 80.8 cm³/mol. The van der Waals surface area contributed by atoms with Gasteiger partial charge in [-0.3, -0.25) is 4.90 Å². The molecule has 0 amide bonds. The molecule has 1 nitrogen and oxygen atoms in total. The first-order valence-electron chi connectivity index (χ1n) is 7.09. The molecule has 0 N–H and O–H groups in total. The Bertz CT molecular complexity index is 223. The molecule has 1 fully saturated rings. The van der Waals surface area contributed by atoms with E-state index in [2.05, 4.69) is 56.5 Å². The molecule has 0 aromatic rings. The van der Waals surface area contributed by atoms with Crippen molar-refractivity contribution in [3.05, 3.63) is 12.2 Å². The van der Waals surface area contributed by atoms with Crippen LogP contribution in [0.15, 0.2) is 12.2 Å². The van der Waals surface area contributed by atoms with Crippen molar-refractivity contribution in [1.82, 2.24) is 4.90 Å². The second kappa shape index (κ2) is 8.20. The van der Waals surface area contributed by atoms with Gasteiger partial charge in [-0.1, -0.05) is 26.0 Å². The molecule has 0 aromatic carbocycles. The van der Waals surface area contributed by atoms with Crippen LogP contribution in [-0.4, -0.2) is 35.0 Å². The molecule has 1 unspecified atom stereocenters. The Morgan fingerprint density at radius 3 is 2.65 bits per heavy atom. The summed E-state index contributed by atoms with van der Waals surface area (Å²) in [7, 11) is 0. The van der Waals surface area contributed by atoms with Crippen LogP contribution >= 0.6 is 11.8 Å². The largest absolute Gasteiger partial charge is 0.297 e. The molecule has 1 aliphatic heterocycles. The summed E-state index contributed by atoms with van der Waals surface area (Å²) in [5.41, 5.74) is 0. The predicted octanol–water partition coefficient (Wildman–Crippen LogP) is 4.19. The quantitative estimate of drug-likeness (QED) is 0.495. The van der Waals surface area contributed by atoms with Crippen LogP contribution in [0.1, 0.15) is 47.0 Å². The lowest BCUT2D eigenvalue weighted by molar-refractivity contribution is 0.219. The van der Waals surface area contributed by atoms with Gasteiger partial charge >= 0.3 is 0 Å². The van der Waals surface area contributed by atoms with Crippen molar-refractivity contribution in [2.24, 2.45) is 5.92 Å². The van der Waals surface area contributed by atoms with Crippen molar-refractivity contribution in [1.29, 1.82) is 0 Å². The molecular formula is C15H29NS. The average Bonchev–Trinajstić information content (AvgIpc) is 2.71. The van der Waals surface area contributed by atoms with Gasteiger partial charge in [0.15, 0.2) is 0 Å². The Morgan fingerprint density at radius 2 is 2.00 bits per heavy atom. The molecule has 100 valence electrons. The molecule has 0 saturated carbocycles. The Balaban J connectivity index is 2.12. The summed E-state index contributed by atoms with van der Waals surface area (Å²) in [4.78, 5) is 2.67. The van der Waals surface area contributed by atoms with Gasteiger partial charge in [0.1, 0.15) is 0 Å². The lowest BCUT2D eigenvalue weighted by atomic mass is 10.1. The van der Waals surface area contributed by atoms with Gasteiger partial charge in [0.05, 0.1) is 0 Å². The summed E-state index contributed by atoms with van der Waals surface area (Å²) in [5.74, 6) is 3.29. The van der Waals surface area contributed by atoms with Crippen molar-refractivity contribution in [3.8, 4) is 0 Å². The summed E-state index contributed by atoms with van der Waals surface area (Å²) in [6.45, 7) is 10.5. The highest BCUT2D eigenvalue weighted by Gasteiger charge is 2.25. The Morgan fingerprint density at radius 1 is 1.24 bits per heavy atom. The number of thioether (sulfide) groups is 1. The highest BCUT2D eigenvalue weighted by molar-refractivity contribution is 7.99. The van der Waals surface area contributed by atoms with Crippen molar-refractivity contribution in [2.45, 2.75) is 59.0 Å². The van der Waals surface area contributed by atoms with Crippen LogP contribution < -0.4 is 0 Å². The average molecular weight is 255 g/mol. The number of nitrogens with zero attached hydrogens (tertiary/aromatic N) is 1. The third-order valence-electron chi connectivity index (χ3n) is 3.38. The maximum Gasteiger partial charge on any atom is 0.0189 e. The molecule has 0 radical (unpaired) electrons. The summed E-state index contributed by atoms with van der Waals surface area (Å²) >= 11 is 2.09. The van der Waals surface area contributed by atoms with Crippen LogP contribution in [0.5, 0.6) is 0 Å². The van der Waals surface area contributed by atoms with Gasteiger partial charge in [-0.05, 0) is 45.6 Å². The van der Waals surface area contributed by atoms with E-state index < -0.39 is 0 Å². The lowest BCUT2D eigenvalue weighted by Gasteiger charge is -2.27. The minimum absolute atomic E-state index is 0.722. The second-order valence-electron chi connectivity index (χ2n) is 5.77. The minimum atomic E-state index is 0.722. The molecule has 1 rings (SSSR count). The van der Waals surface area contributed by atoms with E-state index in [0.29, 0.717) is 0 Å². The van der Waals surface area contributed by atoms with Crippen molar-refractivity contribution in [3.63, 3.8) is 0 Å². The number of hydrogen-bond acceptors (Lipinski definition) is 2. The van der Waals surface area contributed by atoms with Crippen molar-refractivity contribution in [2.75, 3.05) is 18.1 Å². The molecule has 1 aliphatic rings. The van der Waals surface area contributed by atoms with Crippen molar-refractivity contribution < 1.29 is 0 Å². The number of allylic oxidation sites excluding steroid dienone is 1. The van der Waals surface area contributed by atoms with E-state index in [0.717, 1.165) is 18.0 Å². The minimum Gasteiger partial charge on any atom is -0.297 e. The Labute approximate surface area is 112 Å². The maximum absolute atomic E-state index is 2.67. The topological polar surface area (TPSA) is 3.24 Å². The van der Waals surface area contributed by atoms with Crippen LogP contribution in [0, 0.1) is 5.92 Å². The molecular weight excluding hydrogens is 226 g/mol. The third-order valence-corrected chi connectivity index (χ3v) is 4.43. The van der Waals surface area contributed by atoms with Crippen LogP contribution in [0.25, 0.3) is 0 Å². The van der Waals surface area contributed by atoms with Crippen molar-refractivity contribution >= 4 is 11.8 Å². The second-order valence-corrected chi connectivity index (χ2v) is 6.84. The smallest absolute Gasteiger partial charge is 0.0189 e. The molecule has 0 aliphatic carbocycles. The van der Waals surface area contributed by atoms with Crippen LogP contribution in [0.4, 0.5) is 0 Å². The molecule has 1 atom stereocenters. The zero-order valence-electron chi connectivity index (χ0n) is 12.0. The Hall–Kier alpha value is 0.0500. The standard InChI is InChI=1S/C15H29NS/c1-13(2)8-5-6-11-17-12-15-9-7-10-16(15)14(3)4/h5-6,13-15H,7-12H2,1-4H3/b6-5+. The fourth-order valence-electron chi connectivity index (χ4n) is 2.43. The monoisotopic (exact) mass is 255 g/mol. The van der Waals surface area contributed by atoms with E-state index >= 15 is 0 Å². The summed E-state index contributed by atoms with van der Waals surface area (Å²) in [6.07, 6.45) is 8.71. The summed E-state index contributed by atoms with van der Waals surface area (Å²) < 4.78 is 0. The molecule has 1 saturated heterocycles. The molecule has 0 bridgehead atoms. The Kier molecular flexibility index (Phi) is 7.29. The van der Waals surface area contributed by atoms with Gasteiger partial charge in [-0.15, -0.1) is 0 Å². The van der Waals surface area contributed by atoms with E-state index in [9.17, 15) is 0 Å². The molecule has 1 heterocycles. The van der Waals surface area contributed by atoms with Crippen LogP contribution in [0.2, 0.25) is 0 Å². The van der Waals surface area contributed by atoms with E-state index in [4.69, 9.17) is 0 Å². The molecule has 17 heavy (non-hydrogen) atoms. The normalized spacial score (nSPS) is 22.4. The van der Waals surface area contributed by atoms with E-state index in [1.165, 1.54) is 37.3 Å². The first-order chi connectivity index (χ1) is 8.11. The van der Waals surface area contributed by atoms with Gasteiger partial charge < -0.3 is 0 Å². The van der Waals surface area contributed by atoms with Gasteiger partial charge in [0.2, 0.25) is 0 Å². The summed E-state index contributed by atoms with van der Waals surface area (Å²) in [6, 6.07) is 1.55. The van der Waals surface area contributed by atoms with E-state index in [-0.39, 0.29) is 0 Å². The van der Waals surface area contributed by atoms with E-state index in [1.54, 1.807) is 0 Å². The zero-order chi connectivity index (χ0) is 12.7. The fraction of sp³-hybridized carbons (Fsp3) is 0.867. The zero-order valence-corrected chi connectivity index (χ0v) is 12.8. The van der Waals surface area contributed by atoms with Gasteiger partial charge in [-0.2, -0.15) is 11.8 Å².